The van der Waals surface area contributed by atoms with Crippen LogP contribution >= 0.6 is 0 Å². The third-order valence-electron chi connectivity index (χ3n) is 5.03. The Kier molecular flexibility index (Phi) is 5.43. The number of rotatable bonds is 6. The Balaban J connectivity index is 1.25. The first-order valence-electron chi connectivity index (χ1n) is 9.44. The van der Waals surface area contributed by atoms with Gasteiger partial charge in [0.25, 0.3) is 5.91 Å². The molecule has 1 aliphatic heterocycles. The van der Waals surface area contributed by atoms with Crippen LogP contribution in [0.3, 0.4) is 0 Å². The van der Waals surface area contributed by atoms with Crippen molar-refractivity contribution in [3.63, 3.8) is 0 Å². The van der Waals surface area contributed by atoms with Gasteiger partial charge in [0.05, 0.1) is 18.8 Å². The van der Waals surface area contributed by atoms with Crippen LogP contribution < -0.4 is 9.47 Å². The van der Waals surface area contributed by atoms with Crippen LogP contribution in [0, 0.1) is 0 Å². The van der Waals surface area contributed by atoms with Crippen molar-refractivity contribution in [1.82, 2.24) is 19.8 Å². The number of benzene rings is 1. The second kappa shape index (κ2) is 8.31. The first-order chi connectivity index (χ1) is 13.7. The molecule has 4 rings (SSSR count). The molecular weight excluding hydrogens is 356 g/mol. The summed E-state index contributed by atoms with van der Waals surface area (Å²) in [6, 6.07) is 11.4. The number of carbonyl (C=O) groups is 1. The van der Waals surface area contributed by atoms with Gasteiger partial charge in [-0.3, -0.25) is 14.7 Å². The van der Waals surface area contributed by atoms with Crippen LogP contribution in [0.4, 0.5) is 0 Å². The molecule has 1 aromatic carbocycles. The Morgan fingerprint density at radius 1 is 1.14 bits per heavy atom. The SMILES string of the molecule is COc1cccc(OCCN2CCN(C(=O)c3cc4ccncc4[nH]3)CC2)c1. The summed E-state index contributed by atoms with van der Waals surface area (Å²) >= 11 is 0. The number of pyridine rings is 1. The van der Waals surface area contributed by atoms with Crippen LogP contribution in [0.2, 0.25) is 0 Å². The Morgan fingerprint density at radius 3 is 2.75 bits per heavy atom. The summed E-state index contributed by atoms with van der Waals surface area (Å²) in [5, 5.41) is 1.01. The van der Waals surface area contributed by atoms with Crippen LogP contribution in [-0.2, 0) is 0 Å². The Bertz CT molecular complexity index is 914. The van der Waals surface area contributed by atoms with Gasteiger partial charge >= 0.3 is 0 Å². The summed E-state index contributed by atoms with van der Waals surface area (Å²) in [7, 11) is 1.65. The molecule has 1 amide bonds. The average Bonchev–Trinajstić information content (AvgIpc) is 3.18. The fraction of sp³-hybridized carbons (Fsp3) is 0.333. The van der Waals surface area contributed by atoms with Crippen LogP contribution in [0.1, 0.15) is 10.5 Å². The van der Waals surface area contributed by atoms with Crippen molar-refractivity contribution >= 4 is 16.8 Å². The second-order valence-electron chi connectivity index (χ2n) is 6.81. The van der Waals surface area contributed by atoms with Crippen LogP contribution in [0.15, 0.2) is 48.8 Å². The fourth-order valence-electron chi connectivity index (χ4n) is 3.42. The summed E-state index contributed by atoms with van der Waals surface area (Å²) < 4.78 is 11.0. The molecule has 0 spiro atoms. The Labute approximate surface area is 163 Å². The molecule has 1 aliphatic rings. The molecule has 1 fully saturated rings. The van der Waals surface area contributed by atoms with Crippen LogP contribution in [-0.4, -0.2) is 72.1 Å². The van der Waals surface area contributed by atoms with Gasteiger partial charge < -0.3 is 19.4 Å². The second-order valence-corrected chi connectivity index (χ2v) is 6.81. The standard InChI is InChI=1S/C21H24N4O3/c1-27-17-3-2-4-18(14-17)28-12-11-24-7-9-25(10-8-24)21(26)19-13-16-5-6-22-15-20(16)23-19/h2-6,13-15,23H,7-12H2,1H3. The number of piperazine rings is 1. The molecule has 2 aromatic heterocycles. The number of hydrogen-bond acceptors (Lipinski definition) is 5. The van der Waals surface area contributed by atoms with Gasteiger partial charge in [-0.15, -0.1) is 0 Å². The molecule has 0 aliphatic carbocycles. The van der Waals surface area contributed by atoms with Gasteiger partial charge in [0.15, 0.2) is 0 Å². The molecule has 0 unspecified atom stereocenters. The lowest BCUT2D eigenvalue weighted by molar-refractivity contribution is 0.0615. The molecule has 0 saturated carbocycles. The number of fused-ring (bicyclic) bond motifs is 1. The van der Waals surface area contributed by atoms with Crippen LogP contribution in [0.25, 0.3) is 10.9 Å². The predicted octanol–water partition coefficient (Wildman–Crippen LogP) is 2.41. The van der Waals surface area contributed by atoms with E-state index in [1.165, 1.54) is 0 Å². The van der Waals surface area contributed by atoms with Gasteiger partial charge in [-0.2, -0.15) is 0 Å². The van der Waals surface area contributed by atoms with E-state index in [9.17, 15) is 4.79 Å². The number of hydrogen-bond donors (Lipinski definition) is 1. The Hall–Kier alpha value is -3.06. The van der Waals surface area contributed by atoms with Crippen molar-refractivity contribution in [3.8, 4) is 11.5 Å². The van der Waals surface area contributed by atoms with E-state index in [1.54, 1.807) is 19.5 Å². The fourth-order valence-corrected chi connectivity index (χ4v) is 3.42. The van der Waals surface area contributed by atoms with Crippen molar-refractivity contribution in [1.29, 1.82) is 0 Å². The summed E-state index contributed by atoms with van der Waals surface area (Å²) in [6.45, 7) is 4.55. The number of nitrogens with zero attached hydrogens (tertiary/aromatic N) is 3. The highest BCUT2D eigenvalue weighted by atomic mass is 16.5. The molecule has 146 valence electrons. The van der Waals surface area contributed by atoms with E-state index in [0.717, 1.165) is 42.0 Å². The van der Waals surface area contributed by atoms with Crippen molar-refractivity contribution in [3.05, 3.63) is 54.5 Å². The highest BCUT2D eigenvalue weighted by Crippen LogP contribution is 2.19. The number of aromatic nitrogens is 2. The third kappa shape index (κ3) is 4.09. The van der Waals surface area contributed by atoms with Gasteiger partial charge in [-0.05, 0) is 24.3 Å². The predicted molar refractivity (Wildman–Crippen MR) is 107 cm³/mol. The topological polar surface area (TPSA) is 70.7 Å². The van der Waals surface area contributed by atoms with Crippen LogP contribution in [0.5, 0.6) is 11.5 Å². The van der Waals surface area contributed by atoms with E-state index in [2.05, 4.69) is 14.9 Å². The first-order valence-corrected chi connectivity index (χ1v) is 9.44. The number of H-pyrrole nitrogens is 1. The summed E-state index contributed by atoms with van der Waals surface area (Å²) in [4.78, 5) is 24.2. The van der Waals surface area contributed by atoms with Gasteiger partial charge in [-0.1, -0.05) is 6.07 Å². The minimum absolute atomic E-state index is 0.0449. The van der Waals surface area contributed by atoms with E-state index in [0.29, 0.717) is 25.4 Å². The molecule has 0 atom stereocenters. The zero-order chi connectivity index (χ0) is 19.3. The number of ether oxygens (including phenoxy) is 2. The zero-order valence-corrected chi connectivity index (χ0v) is 15.9. The van der Waals surface area contributed by atoms with Gasteiger partial charge in [0.2, 0.25) is 0 Å². The van der Waals surface area contributed by atoms with Gasteiger partial charge in [0, 0.05) is 50.4 Å². The smallest absolute Gasteiger partial charge is 0.270 e. The summed E-state index contributed by atoms with van der Waals surface area (Å²) in [5.41, 5.74) is 1.51. The lowest BCUT2D eigenvalue weighted by Crippen LogP contribution is -2.49. The molecule has 28 heavy (non-hydrogen) atoms. The molecule has 3 aromatic rings. The summed E-state index contributed by atoms with van der Waals surface area (Å²) in [6.07, 6.45) is 3.48. The number of amides is 1. The molecule has 0 bridgehead atoms. The minimum Gasteiger partial charge on any atom is -0.497 e. The highest BCUT2D eigenvalue weighted by molar-refractivity contribution is 5.97. The molecule has 7 heteroatoms. The number of methoxy groups -OCH3 is 1. The largest absolute Gasteiger partial charge is 0.497 e. The molecule has 7 nitrogen and oxygen atoms in total. The monoisotopic (exact) mass is 380 g/mol. The quantitative estimate of drug-likeness (QED) is 0.711. The normalized spacial score (nSPS) is 15.0. The van der Waals surface area contributed by atoms with Crippen molar-refractivity contribution < 1.29 is 14.3 Å². The summed E-state index contributed by atoms with van der Waals surface area (Å²) in [5.74, 6) is 1.64. The average molecular weight is 380 g/mol. The lowest BCUT2D eigenvalue weighted by Gasteiger charge is -2.34. The molecule has 1 saturated heterocycles. The lowest BCUT2D eigenvalue weighted by atomic mass is 10.2. The molecule has 1 N–H and O–H groups in total. The van der Waals surface area contributed by atoms with Gasteiger partial charge in [-0.25, -0.2) is 0 Å². The van der Waals surface area contributed by atoms with E-state index >= 15 is 0 Å². The van der Waals surface area contributed by atoms with E-state index in [-0.39, 0.29) is 5.91 Å². The third-order valence-corrected chi connectivity index (χ3v) is 5.03. The number of nitrogens with one attached hydrogen (secondary N) is 1. The van der Waals surface area contributed by atoms with Crippen molar-refractivity contribution in [2.75, 3.05) is 46.4 Å². The maximum Gasteiger partial charge on any atom is 0.270 e. The van der Waals surface area contributed by atoms with Crippen molar-refractivity contribution in [2.45, 2.75) is 0 Å². The van der Waals surface area contributed by atoms with Gasteiger partial charge in [0.1, 0.15) is 23.8 Å². The maximum atomic E-state index is 12.8. The maximum absolute atomic E-state index is 12.8. The first kappa shape index (κ1) is 18.3. The Morgan fingerprint density at radius 2 is 1.96 bits per heavy atom. The van der Waals surface area contributed by atoms with Crippen molar-refractivity contribution in [2.24, 2.45) is 0 Å². The number of carbonyl (C=O) groups excluding carboxylic acids is 1. The molecule has 0 radical (unpaired) electrons. The minimum atomic E-state index is 0.0449. The number of aromatic amines is 1. The van der Waals surface area contributed by atoms with E-state index in [4.69, 9.17) is 9.47 Å². The van der Waals surface area contributed by atoms with E-state index in [1.807, 2.05) is 41.3 Å². The highest BCUT2D eigenvalue weighted by Gasteiger charge is 2.23. The van der Waals surface area contributed by atoms with E-state index < -0.39 is 0 Å². The zero-order valence-electron chi connectivity index (χ0n) is 15.9. The molecule has 3 heterocycles. The molecular formula is C21H24N4O3.